The maximum atomic E-state index is 14.5. The van der Waals surface area contributed by atoms with E-state index in [0.717, 1.165) is 46.1 Å². The number of halogens is 1. The second kappa shape index (κ2) is 11.3. The summed E-state index contributed by atoms with van der Waals surface area (Å²) in [7, 11) is -1.27. The van der Waals surface area contributed by atoms with Gasteiger partial charge in [0.25, 0.3) is 0 Å². The monoisotopic (exact) mass is 592 g/mol. The fourth-order valence-corrected chi connectivity index (χ4v) is 5.82. The molecule has 11 heteroatoms. The van der Waals surface area contributed by atoms with Crippen molar-refractivity contribution in [1.82, 2.24) is 29.6 Å². The van der Waals surface area contributed by atoms with Crippen molar-refractivity contribution >= 4 is 25.2 Å². The summed E-state index contributed by atoms with van der Waals surface area (Å²) in [6, 6.07) is 8.34. The zero-order valence-electron chi connectivity index (χ0n) is 25.9. The Hall–Kier alpha value is -3.57. The summed E-state index contributed by atoms with van der Waals surface area (Å²) in [5.74, 6) is 0.433. The molecule has 3 aromatic heterocycles. The third-order valence-electron chi connectivity index (χ3n) is 7.39. The van der Waals surface area contributed by atoms with Crippen molar-refractivity contribution in [2.45, 2.75) is 92.1 Å². The summed E-state index contributed by atoms with van der Waals surface area (Å²) in [5.41, 5.74) is 5.48. The second-order valence-electron chi connectivity index (χ2n) is 13.2. The standard InChI is InChI=1S/C31H41FN6O3Si/c1-9-20-14-19(2)23(32)15-22(20)24-11-10-21-27(35-36-28(21)33-24)29-34-25-16-37(30(39)41-31(3,4)5)17-26(25)38(29)18-40-12-13-42(6,7)8/h10-11,14-15H,9,12-13,16-18H2,1-8H3,(H,33,35,36). The number of amides is 1. The Morgan fingerprint density at radius 1 is 1.14 bits per heavy atom. The number of carbonyl (C=O) groups excluding carboxylic acids is 1. The largest absolute Gasteiger partial charge is 0.444 e. The van der Waals surface area contributed by atoms with Crippen LogP contribution < -0.4 is 0 Å². The smallest absolute Gasteiger partial charge is 0.410 e. The fourth-order valence-electron chi connectivity index (χ4n) is 5.07. The summed E-state index contributed by atoms with van der Waals surface area (Å²) in [5, 5.41) is 8.46. The molecule has 42 heavy (non-hydrogen) atoms. The lowest BCUT2D eigenvalue weighted by Gasteiger charge is -2.24. The topological polar surface area (TPSA) is 98.2 Å². The Balaban J connectivity index is 1.49. The summed E-state index contributed by atoms with van der Waals surface area (Å²) < 4.78 is 28.3. The highest BCUT2D eigenvalue weighted by Crippen LogP contribution is 2.34. The van der Waals surface area contributed by atoms with Crippen LogP contribution in [0.5, 0.6) is 0 Å². The molecule has 5 rings (SSSR count). The summed E-state index contributed by atoms with van der Waals surface area (Å²) in [6.07, 6.45) is 0.402. The molecule has 4 aromatic rings. The minimum atomic E-state index is -1.27. The Bertz CT molecular complexity index is 1630. The number of benzene rings is 1. The zero-order valence-corrected chi connectivity index (χ0v) is 26.9. The number of imidazole rings is 1. The minimum Gasteiger partial charge on any atom is -0.444 e. The van der Waals surface area contributed by atoms with Crippen LogP contribution in [0.15, 0.2) is 24.3 Å². The van der Waals surface area contributed by atoms with Gasteiger partial charge in [0.15, 0.2) is 11.5 Å². The van der Waals surface area contributed by atoms with E-state index in [4.69, 9.17) is 19.4 Å². The van der Waals surface area contributed by atoms with Crippen molar-refractivity contribution in [3.8, 4) is 22.8 Å². The van der Waals surface area contributed by atoms with Crippen molar-refractivity contribution in [2.75, 3.05) is 6.61 Å². The van der Waals surface area contributed by atoms with Crippen LogP contribution in [0.25, 0.3) is 33.8 Å². The number of carbonyl (C=O) groups is 1. The number of aryl methyl sites for hydroxylation is 2. The normalized spacial score (nSPS) is 13.7. The number of rotatable bonds is 8. The summed E-state index contributed by atoms with van der Waals surface area (Å²) in [6.45, 7) is 18.1. The predicted molar refractivity (Wildman–Crippen MR) is 164 cm³/mol. The Kier molecular flexibility index (Phi) is 8.01. The second-order valence-corrected chi connectivity index (χ2v) is 18.8. The van der Waals surface area contributed by atoms with E-state index in [9.17, 15) is 9.18 Å². The molecule has 1 aromatic carbocycles. The molecule has 0 unspecified atom stereocenters. The van der Waals surface area contributed by atoms with E-state index in [1.54, 1.807) is 17.9 Å². The molecule has 4 heterocycles. The van der Waals surface area contributed by atoms with E-state index in [-0.39, 0.29) is 11.9 Å². The van der Waals surface area contributed by atoms with Gasteiger partial charge < -0.3 is 14.0 Å². The maximum Gasteiger partial charge on any atom is 0.410 e. The summed E-state index contributed by atoms with van der Waals surface area (Å²) in [4.78, 5) is 24.2. The van der Waals surface area contributed by atoms with Gasteiger partial charge >= 0.3 is 6.09 Å². The molecular weight excluding hydrogens is 551 g/mol. The van der Waals surface area contributed by atoms with Crippen LogP contribution in [0.1, 0.15) is 50.2 Å². The highest BCUT2D eigenvalue weighted by molar-refractivity contribution is 6.76. The third kappa shape index (κ3) is 6.26. The lowest BCUT2D eigenvalue weighted by atomic mass is 9.99. The van der Waals surface area contributed by atoms with Crippen LogP contribution in [-0.2, 0) is 35.7 Å². The number of aromatic amines is 1. The number of H-pyrrole nitrogens is 1. The molecular formula is C31H41FN6O3Si. The van der Waals surface area contributed by atoms with E-state index in [1.165, 1.54) is 0 Å². The first kappa shape index (κ1) is 29.9. The number of ether oxygens (including phenoxy) is 2. The Morgan fingerprint density at radius 3 is 2.60 bits per heavy atom. The first-order valence-corrected chi connectivity index (χ1v) is 18.2. The molecule has 0 spiro atoms. The molecule has 9 nitrogen and oxygen atoms in total. The molecule has 0 fully saturated rings. The van der Waals surface area contributed by atoms with Gasteiger partial charge in [-0.1, -0.05) is 32.6 Å². The number of fused-ring (bicyclic) bond motifs is 2. The highest BCUT2D eigenvalue weighted by atomic mass is 28.3. The van der Waals surface area contributed by atoms with Crippen LogP contribution in [-0.4, -0.2) is 56.0 Å². The number of nitrogens with zero attached hydrogens (tertiary/aromatic N) is 5. The lowest BCUT2D eigenvalue weighted by molar-refractivity contribution is 0.0232. The number of pyridine rings is 1. The highest BCUT2D eigenvalue weighted by Gasteiger charge is 2.33. The van der Waals surface area contributed by atoms with Gasteiger partial charge in [-0.15, -0.1) is 0 Å². The fraction of sp³-hybridized carbons (Fsp3) is 0.484. The number of aromatic nitrogens is 5. The van der Waals surface area contributed by atoms with Gasteiger partial charge in [0.2, 0.25) is 0 Å². The van der Waals surface area contributed by atoms with E-state index >= 15 is 0 Å². The molecule has 0 atom stereocenters. The van der Waals surface area contributed by atoms with Gasteiger partial charge in [0.1, 0.15) is 23.8 Å². The number of nitrogens with one attached hydrogen (secondary N) is 1. The number of hydrogen-bond acceptors (Lipinski definition) is 6. The SMILES string of the molecule is CCc1cc(C)c(F)cc1-c1ccc2c(-c3nc4c(n3COCC[Si](C)(C)C)CN(C(=O)OC(C)(C)C)C4)[nH]nc2n1. The molecule has 0 aliphatic carbocycles. The van der Waals surface area contributed by atoms with E-state index in [2.05, 4.69) is 36.8 Å². The van der Waals surface area contributed by atoms with Gasteiger partial charge in [-0.25, -0.2) is 19.2 Å². The average molecular weight is 593 g/mol. The van der Waals surface area contributed by atoms with Crippen LogP contribution in [0.4, 0.5) is 9.18 Å². The molecule has 1 amide bonds. The van der Waals surface area contributed by atoms with Crippen molar-refractivity contribution in [3.05, 3.63) is 52.6 Å². The van der Waals surface area contributed by atoms with Gasteiger partial charge in [0, 0.05) is 25.6 Å². The minimum absolute atomic E-state index is 0.252. The molecule has 1 aliphatic rings. The molecule has 1 aliphatic heterocycles. The molecule has 0 bridgehead atoms. The van der Waals surface area contributed by atoms with Crippen LogP contribution in [0, 0.1) is 12.7 Å². The van der Waals surface area contributed by atoms with Crippen molar-refractivity contribution in [2.24, 2.45) is 0 Å². The van der Waals surface area contributed by atoms with E-state index in [0.29, 0.717) is 49.2 Å². The molecule has 224 valence electrons. The van der Waals surface area contributed by atoms with Gasteiger partial charge in [-0.2, -0.15) is 5.10 Å². The Morgan fingerprint density at radius 2 is 1.90 bits per heavy atom. The van der Waals surface area contributed by atoms with Crippen molar-refractivity contribution < 1.29 is 18.7 Å². The predicted octanol–water partition coefficient (Wildman–Crippen LogP) is 7.06. The van der Waals surface area contributed by atoms with Crippen LogP contribution >= 0.6 is 0 Å². The molecule has 0 radical (unpaired) electrons. The molecule has 0 saturated heterocycles. The molecule has 0 saturated carbocycles. The average Bonchev–Trinajstić information content (AvgIpc) is 3.59. The third-order valence-corrected chi connectivity index (χ3v) is 9.09. The maximum absolute atomic E-state index is 14.5. The number of hydrogen-bond donors (Lipinski definition) is 1. The van der Waals surface area contributed by atoms with Crippen LogP contribution in [0.3, 0.4) is 0 Å². The first-order valence-electron chi connectivity index (χ1n) is 14.5. The Labute approximate surface area is 247 Å². The van der Waals surface area contributed by atoms with Gasteiger partial charge in [0.05, 0.1) is 30.2 Å². The zero-order chi connectivity index (χ0) is 30.4. The quantitative estimate of drug-likeness (QED) is 0.174. The van der Waals surface area contributed by atoms with Gasteiger partial charge in [-0.3, -0.25) is 10.00 Å². The van der Waals surface area contributed by atoms with Gasteiger partial charge in [-0.05, 0) is 69.5 Å². The first-order chi connectivity index (χ1) is 19.7. The van der Waals surface area contributed by atoms with E-state index in [1.807, 2.05) is 43.5 Å². The van der Waals surface area contributed by atoms with Crippen molar-refractivity contribution in [3.63, 3.8) is 0 Å². The van der Waals surface area contributed by atoms with Crippen molar-refractivity contribution in [1.29, 1.82) is 0 Å². The van der Waals surface area contributed by atoms with Crippen LogP contribution in [0.2, 0.25) is 25.7 Å². The van der Waals surface area contributed by atoms with E-state index < -0.39 is 13.7 Å². The molecule has 1 N–H and O–H groups in total. The lowest BCUT2D eigenvalue weighted by Crippen LogP contribution is -2.34. The summed E-state index contributed by atoms with van der Waals surface area (Å²) >= 11 is 0.